The Labute approximate surface area is 99.6 Å². The van der Waals surface area contributed by atoms with Gasteiger partial charge in [0, 0.05) is 30.6 Å². The Morgan fingerprint density at radius 2 is 2.19 bits per heavy atom. The number of sulfone groups is 1. The SMILES string of the molecule is CS(=O)(=O)CCCC(=O)c1ccncc1Cl. The van der Waals surface area contributed by atoms with E-state index in [0.29, 0.717) is 17.0 Å². The van der Waals surface area contributed by atoms with Crippen LogP contribution in [0.25, 0.3) is 0 Å². The van der Waals surface area contributed by atoms with Gasteiger partial charge in [0.1, 0.15) is 9.84 Å². The summed E-state index contributed by atoms with van der Waals surface area (Å²) in [6.07, 6.45) is 4.52. The number of ketones is 1. The third kappa shape index (κ3) is 4.28. The van der Waals surface area contributed by atoms with Crippen LogP contribution in [0.15, 0.2) is 18.5 Å². The fourth-order valence-electron chi connectivity index (χ4n) is 1.23. The molecule has 0 saturated carbocycles. The Balaban J connectivity index is 2.57. The average Bonchev–Trinajstić information content (AvgIpc) is 2.16. The van der Waals surface area contributed by atoms with Crippen LogP contribution in [-0.4, -0.2) is 31.2 Å². The molecule has 0 unspecified atom stereocenters. The van der Waals surface area contributed by atoms with Crippen molar-refractivity contribution in [2.45, 2.75) is 12.8 Å². The van der Waals surface area contributed by atoms with Gasteiger partial charge in [-0.2, -0.15) is 0 Å². The first-order chi connectivity index (χ1) is 7.40. The molecule has 16 heavy (non-hydrogen) atoms. The van der Waals surface area contributed by atoms with Gasteiger partial charge < -0.3 is 0 Å². The van der Waals surface area contributed by atoms with Crippen molar-refractivity contribution in [1.29, 1.82) is 0 Å². The summed E-state index contributed by atoms with van der Waals surface area (Å²) in [5, 5.41) is 0.298. The third-order valence-corrected chi connectivity index (χ3v) is 3.32. The van der Waals surface area contributed by atoms with Crippen LogP contribution in [0.1, 0.15) is 23.2 Å². The van der Waals surface area contributed by atoms with Crippen LogP contribution in [0.2, 0.25) is 5.02 Å². The topological polar surface area (TPSA) is 64.1 Å². The third-order valence-electron chi connectivity index (χ3n) is 1.99. The van der Waals surface area contributed by atoms with E-state index in [0.717, 1.165) is 6.26 Å². The normalized spacial score (nSPS) is 11.4. The van der Waals surface area contributed by atoms with Gasteiger partial charge in [-0.05, 0) is 12.5 Å². The van der Waals surface area contributed by atoms with E-state index in [1.54, 1.807) is 0 Å². The second-order valence-electron chi connectivity index (χ2n) is 3.51. The number of carbonyl (C=O) groups is 1. The molecule has 0 saturated heterocycles. The summed E-state index contributed by atoms with van der Waals surface area (Å²) < 4.78 is 21.7. The van der Waals surface area contributed by atoms with Crippen molar-refractivity contribution in [2.75, 3.05) is 12.0 Å². The average molecular weight is 262 g/mol. The van der Waals surface area contributed by atoms with Gasteiger partial charge in [0.05, 0.1) is 10.8 Å². The zero-order valence-corrected chi connectivity index (χ0v) is 10.4. The number of pyridine rings is 1. The number of halogens is 1. The summed E-state index contributed by atoms with van der Waals surface area (Å²) in [4.78, 5) is 15.4. The fraction of sp³-hybridized carbons (Fsp3) is 0.400. The maximum atomic E-state index is 11.6. The number of aromatic nitrogens is 1. The van der Waals surface area contributed by atoms with E-state index >= 15 is 0 Å². The van der Waals surface area contributed by atoms with Crippen molar-refractivity contribution >= 4 is 27.2 Å². The quantitative estimate of drug-likeness (QED) is 0.758. The maximum absolute atomic E-state index is 11.6. The Morgan fingerprint density at radius 1 is 1.50 bits per heavy atom. The van der Waals surface area contributed by atoms with Crippen LogP contribution in [0.3, 0.4) is 0 Å². The molecule has 0 fully saturated rings. The summed E-state index contributed by atoms with van der Waals surface area (Å²) in [7, 11) is -3.01. The molecule has 0 radical (unpaired) electrons. The first-order valence-electron chi connectivity index (χ1n) is 4.70. The van der Waals surface area contributed by atoms with Crippen molar-refractivity contribution in [3.05, 3.63) is 29.0 Å². The summed E-state index contributed by atoms with van der Waals surface area (Å²) in [6, 6.07) is 1.53. The van der Waals surface area contributed by atoms with Crippen molar-refractivity contribution in [3.8, 4) is 0 Å². The van der Waals surface area contributed by atoms with E-state index in [2.05, 4.69) is 4.98 Å². The Hall–Kier alpha value is -0.940. The van der Waals surface area contributed by atoms with Crippen LogP contribution < -0.4 is 0 Å². The second-order valence-corrected chi connectivity index (χ2v) is 6.18. The molecule has 0 atom stereocenters. The molecular weight excluding hydrogens is 250 g/mol. The molecule has 0 bridgehead atoms. The highest BCUT2D eigenvalue weighted by atomic mass is 35.5. The molecule has 1 aromatic heterocycles. The lowest BCUT2D eigenvalue weighted by Gasteiger charge is -2.02. The molecule has 0 N–H and O–H groups in total. The predicted octanol–water partition coefficient (Wildman–Crippen LogP) is 1.74. The van der Waals surface area contributed by atoms with Crippen LogP contribution in [0, 0.1) is 0 Å². The van der Waals surface area contributed by atoms with E-state index in [-0.39, 0.29) is 18.0 Å². The van der Waals surface area contributed by atoms with Crippen LogP contribution in [-0.2, 0) is 9.84 Å². The minimum atomic E-state index is -3.01. The van der Waals surface area contributed by atoms with Gasteiger partial charge in [-0.3, -0.25) is 9.78 Å². The van der Waals surface area contributed by atoms with Gasteiger partial charge in [-0.1, -0.05) is 11.6 Å². The molecular formula is C10H12ClNO3S. The van der Waals surface area contributed by atoms with Crippen molar-refractivity contribution in [3.63, 3.8) is 0 Å². The number of hydrogen-bond donors (Lipinski definition) is 0. The zero-order chi connectivity index (χ0) is 12.2. The van der Waals surface area contributed by atoms with E-state index < -0.39 is 9.84 Å². The Morgan fingerprint density at radius 3 is 2.75 bits per heavy atom. The van der Waals surface area contributed by atoms with Crippen molar-refractivity contribution in [1.82, 2.24) is 4.98 Å². The van der Waals surface area contributed by atoms with Gasteiger partial charge >= 0.3 is 0 Å². The smallest absolute Gasteiger partial charge is 0.164 e. The minimum Gasteiger partial charge on any atom is -0.294 e. The molecule has 1 aromatic rings. The van der Waals surface area contributed by atoms with E-state index in [4.69, 9.17) is 11.6 Å². The lowest BCUT2D eigenvalue weighted by atomic mass is 10.1. The lowest BCUT2D eigenvalue weighted by Crippen LogP contribution is -2.07. The highest BCUT2D eigenvalue weighted by Gasteiger charge is 2.11. The minimum absolute atomic E-state index is 0.0153. The molecule has 1 heterocycles. The van der Waals surface area contributed by atoms with Gasteiger partial charge in [0.25, 0.3) is 0 Å². The monoisotopic (exact) mass is 261 g/mol. The van der Waals surface area contributed by atoms with E-state index in [9.17, 15) is 13.2 Å². The highest BCUT2D eigenvalue weighted by molar-refractivity contribution is 7.90. The zero-order valence-electron chi connectivity index (χ0n) is 8.81. The van der Waals surface area contributed by atoms with Gasteiger partial charge in [-0.15, -0.1) is 0 Å². The van der Waals surface area contributed by atoms with E-state index in [1.165, 1.54) is 18.5 Å². The summed E-state index contributed by atoms with van der Waals surface area (Å²) in [6.45, 7) is 0. The Kier molecular flexibility index (Phi) is 4.44. The molecule has 6 heteroatoms. The summed E-state index contributed by atoms with van der Waals surface area (Å²) in [5.41, 5.74) is 0.394. The van der Waals surface area contributed by atoms with Gasteiger partial charge in [-0.25, -0.2) is 8.42 Å². The number of hydrogen-bond acceptors (Lipinski definition) is 4. The number of Topliss-reactive ketones (excluding diaryl/α,β-unsaturated/α-hetero) is 1. The van der Waals surface area contributed by atoms with Crippen molar-refractivity contribution < 1.29 is 13.2 Å². The summed E-state index contributed by atoms with van der Waals surface area (Å²) in [5.74, 6) is -0.141. The van der Waals surface area contributed by atoms with Crippen LogP contribution >= 0.6 is 11.6 Å². The van der Waals surface area contributed by atoms with E-state index in [1.807, 2.05) is 0 Å². The summed E-state index contributed by atoms with van der Waals surface area (Å²) >= 11 is 5.79. The first-order valence-corrected chi connectivity index (χ1v) is 7.14. The second kappa shape index (κ2) is 5.41. The largest absolute Gasteiger partial charge is 0.294 e. The molecule has 0 spiro atoms. The van der Waals surface area contributed by atoms with Crippen LogP contribution in [0.4, 0.5) is 0 Å². The number of rotatable bonds is 5. The molecule has 0 amide bonds. The predicted molar refractivity (Wildman–Crippen MR) is 62.5 cm³/mol. The lowest BCUT2D eigenvalue weighted by molar-refractivity contribution is 0.0982. The number of carbonyl (C=O) groups excluding carboxylic acids is 1. The first kappa shape index (κ1) is 13.1. The molecule has 1 rings (SSSR count). The number of nitrogens with zero attached hydrogens (tertiary/aromatic N) is 1. The van der Waals surface area contributed by atoms with Crippen LogP contribution in [0.5, 0.6) is 0 Å². The molecule has 0 aliphatic carbocycles. The Bertz CT molecular complexity index is 485. The van der Waals surface area contributed by atoms with Gasteiger partial charge in [0.15, 0.2) is 5.78 Å². The molecule has 0 aliphatic heterocycles. The van der Waals surface area contributed by atoms with Crippen molar-refractivity contribution in [2.24, 2.45) is 0 Å². The molecule has 4 nitrogen and oxygen atoms in total. The molecule has 88 valence electrons. The highest BCUT2D eigenvalue weighted by Crippen LogP contribution is 2.16. The van der Waals surface area contributed by atoms with Gasteiger partial charge in [0.2, 0.25) is 0 Å². The fourth-order valence-corrected chi connectivity index (χ4v) is 2.12. The molecule has 0 aliphatic rings. The maximum Gasteiger partial charge on any atom is 0.164 e. The molecule has 0 aromatic carbocycles. The standard InChI is InChI=1S/C10H12ClNO3S/c1-16(14,15)6-2-3-10(13)8-4-5-12-7-9(8)11/h4-5,7H,2-3,6H2,1H3.